The van der Waals surface area contributed by atoms with Crippen LogP contribution in [-0.2, 0) is 31.6 Å². The molecule has 0 aliphatic carbocycles. The predicted molar refractivity (Wildman–Crippen MR) is 106 cm³/mol. The number of ether oxygens (including phenoxy) is 1. The van der Waals surface area contributed by atoms with Gasteiger partial charge in [0.2, 0.25) is 0 Å². The molecule has 7 atom stereocenters. The first kappa shape index (κ1) is 28.3. The van der Waals surface area contributed by atoms with E-state index in [1.165, 1.54) is 0 Å². The van der Waals surface area contributed by atoms with Crippen molar-refractivity contribution in [2.45, 2.75) is 36.3 Å². The van der Waals surface area contributed by atoms with E-state index in [1.807, 2.05) is 10.4 Å². The highest BCUT2D eigenvalue weighted by Gasteiger charge is 2.59. The fourth-order valence-corrected chi connectivity index (χ4v) is 6.34. The number of hydrogen-bond donors (Lipinski definition) is 6. The number of alkyl halides is 1. The van der Waals surface area contributed by atoms with Crippen molar-refractivity contribution in [2.75, 3.05) is 0 Å². The van der Waals surface area contributed by atoms with Crippen LogP contribution in [0.5, 0.6) is 0 Å². The van der Waals surface area contributed by atoms with E-state index in [0.717, 1.165) is 6.92 Å². The summed E-state index contributed by atoms with van der Waals surface area (Å²) < 4.78 is 51.8. The zero-order valence-corrected chi connectivity index (χ0v) is 20.0. The van der Waals surface area contributed by atoms with Crippen LogP contribution in [0, 0.1) is 11.3 Å². The lowest BCUT2D eigenvalue weighted by atomic mass is 9.97. The van der Waals surface area contributed by atoms with Gasteiger partial charge >= 0.3 is 29.2 Å². The van der Waals surface area contributed by atoms with Gasteiger partial charge in [0.1, 0.15) is 18.4 Å². The minimum atomic E-state index is -5.81. The van der Waals surface area contributed by atoms with Gasteiger partial charge in [0, 0.05) is 5.38 Å². The Morgan fingerprint density at radius 2 is 1.85 bits per heavy atom. The maximum Gasteiger partial charge on any atom is 0.490 e. The molecule has 6 N–H and O–H groups in total. The molecule has 1 aromatic heterocycles. The molecule has 33 heavy (non-hydrogen) atoms. The van der Waals surface area contributed by atoms with E-state index < -0.39 is 64.1 Å². The van der Waals surface area contributed by atoms with E-state index in [9.17, 15) is 38.2 Å². The third kappa shape index (κ3) is 7.04. The van der Waals surface area contributed by atoms with Gasteiger partial charge in [0.25, 0.3) is 5.56 Å². The number of aliphatic hydroxyl groups excluding tert-OH is 1. The lowest BCUT2D eigenvalue weighted by molar-refractivity contribution is -0.0786. The second-order valence-electron chi connectivity index (χ2n) is 6.17. The summed E-state index contributed by atoms with van der Waals surface area (Å²) in [5.74, 6) is 2.18. The van der Waals surface area contributed by atoms with Crippen LogP contribution in [0.15, 0.2) is 15.8 Å². The number of rotatable bonds is 8. The van der Waals surface area contributed by atoms with Crippen molar-refractivity contribution in [3.8, 4) is 11.3 Å². The number of nitrogens with zero attached hydrogens (tertiary/aromatic N) is 2. The van der Waals surface area contributed by atoms with Gasteiger partial charge in [0.15, 0.2) is 11.1 Å². The first-order chi connectivity index (χ1) is 14.9. The third-order valence-corrected chi connectivity index (χ3v) is 8.29. The molecular formula is C11H14Cl2N3O14P3. The molecule has 186 valence electrons. The molecule has 0 saturated carbocycles. The summed E-state index contributed by atoms with van der Waals surface area (Å²) in [6.45, 7) is 0.989. The van der Waals surface area contributed by atoms with E-state index >= 15 is 0 Å². The van der Waals surface area contributed by atoms with Crippen LogP contribution in [0.4, 0.5) is 0 Å². The summed E-state index contributed by atoms with van der Waals surface area (Å²) in [5.41, 5.74) is -2.02. The standard InChI is InChI=1S/C11H14Cl2N3O14P3/c1-5(28-32(23,24)30-33(25,26)29-31(20,21)22)7-8(18)11(13,2-3-12)9(27-7)16-10(19)15-6(17)4-14-16/h4-5,7-9,18H,1H3,(H,23,24)(H,25,26)(H,15,17,19)(H2,20,21,22)/t5-,7+,8-,9+,11?/m0/s1. The number of hydrogen-bond acceptors (Lipinski definition) is 11. The van der Waals surface area contributed by atoms with E-state index in [0.29, 0.717) is 10.9 Å². The Labute approximate surface area is 192 Å². The molecular weight excluding hydrogens is 562 g/mol. The van der Waals surface area contributed by atoms with Gasteiger partial charge in [-0.25, -0.2) is 18.5 Å². The van der Waals surface area contributed by atoms with Crippen LogP contribution in [0.2, 0.25) is 0 Å². The highest BCUT2D eigenvalue weighted by atomic mass is 35.5. The maximum atomic E-state index is 12.1. The molecule has 0 bridgehead atoms. The number of aromatic amines is 1. The zero-order valence-electron chi connectivity index (χ0n) is 15.8. The van der Waals surface area contributed by atoms with Crippen LogP contribution in [0.3, 0.4) is 0 Å². The lowest BCUT2D eigenvalue weighted by Crippen LogP contribution is -2.46. The van der Waals surface area contributed by atoms with E-state index in [4.69, 9.17) is 37.7 Å². The van der Waals surface area contributed by atoms with Crippen LogP contribution in [0.25, 0.3) is 0 Å². The van der Waals surface area contributed by atoms with Gasteiger partial charge in [-0.05, 0) is 18.5 Å². The molecule has 2 heterocycles. The zero-order chi connectivity index (χ0) is 25.4. The third-order valence-electron chi connectivity index (χ3n) is 3.76. The molecule has 3 unspecified atom stereocenters. The number of aromatic nitrogens is 3. The van der Waals surface area contributed by atoms with E-state index in [1.54, 1.807) is 0 Å². The normalized spacial score (nSPS) is 30.0. The SMILES string of the molecule is C[C@H](OP(=O)(O)OP(=O)(O)OP(=O)(O)O)[C@H]1O[C@@H](n2ncc(=O)[nH]c2=O)C(Cl)(C#CCl)[C@H]1O. The first-order valence-electron chi connectivity index (χ1n) is 8.06. The van der Waals surface area contributed by atoms with Crippen molar-refractivity contribution in [3.63, 3.8) is 0 Å². The van der Waals surface area contributed by atoms with Crippen LogP contribution >= 0.6 is 46.7 Å². The number of aliphatic hydroxyl groups is 1. The molecule has 1 saturated heterocycles. The van der Waals surface area contributed by atoms with Crippen LogP contribution < -0.4 is 11.2 Å². The van der Waals surface area contributed by atoms with Crippen molar-refractivity contribution in [1.29, 1.82) is 0 Å². The van der Waals surface area contributed by atoms with E-state index in [-0.39, 0.29) is 0 Å². The summed E-state index contributed by atoms with van der Waals surface area (Å²) in [6.07, 6.45) is -6.45. The van der Waals surface area contributed by atoms with Gasteiger partial charge in [-0.3, -0.25) is 14.3 Å². The van der Waals surface area contributed by atoms with Gasteiger partial charge in [0.05, 0.1) is 6.10 Å². The molecule has 0 radical (unpaired) electrons. The molecule has 2 rings (SSSR count). The number of nitrogens with one attached hydrogen (secondary N) is 1. The first-order valence-corrected chi connectivity index (χ1v) is 13.3. The smallest absolute Gasteiger partial charge is 0.387 e. The molecule has 0 amide bonds. The van der Waals surface area contributed by atoms with Gasteiger partial charge in [-0.15, -0.1) is 0 Å². The number of phosphoric ester groups is 1. The fourth-order valence-electron chi connectivity index (χ4n) is 2.62. The van der Waals surface area contributed by atoms with Crippen molar-refractivity contribution in [2.24, 2.45) is 0 Å². The Morgan fingerprint density at radius 1 is 1.24 bits per heavy atom. The Balaban J connectivity index is 2.32. The highest BCUT2D eigenvalue weighted by Crippen LogP contribution is 2.66. The van der Waals surface area contributed by atoms with Gasteiger partial charge < -0.3 is 29.4 Å². The largest absolute Gasteiger partial charge is 0.490 e. The second-order valence-corrected chi connectivity index (χ2v) is 11.4. The monoisotopic (exact) mass is 575 g/mol. The van der Waals surface area contributed by atoms with Crippen molar-refractivity contribution in [1.82, 2.24) is 14.8 Å². The van der Waals surface area contributed by atoms with E-state index in [2.05, 4.69) is 24.2 Å². The lowest BCUT2D eigenvalue weighted by Gasteiger charge is -2.26. The summed E-state index contributed by atoms with van der Waals surface area (Å²) in [7, 11) is -17.0. The van der Waals surface area contributed by atoms with Crippen molar-refractivity contribution < 1.29 is 56.3 Å². The Morgan fingerprint density at radius 3 is 2.36 bits per heavy atom. The van der Waals surface area contributed by atoms with Crippen LogP contribution in [0.1, 0.15) is 13.2 Å². The quantitative estimate of drug-likeness (QED) is 0.125. The number of phosphoric acid groups is 3. The Bertz CT molecular complexity index is 1220. The molecule has 17 nitrogen and oxygen atoms in total. The number of H-pyrrole nitrogens is 1. The molecule has 0 aromatic carbocycles. The molecule has 1 aliphatic rings. The second kappa shape index (κ2) is 9.98. The predicted octanol–water partition coefficient (Wildman–Crippen LogP) is -0.901. The minimum Gasteiger partial charge on any atom is -0.387 e. The van der Waals surface area contributed by atoms with Gasteiger partial charge in [-0.1, -0.05) is 17.5 Å². The topological polar surface area (TPSA) is 257 Å². The van der Waals surface area contributed by atoms with Crippen LogP contribution in [-0.4, -0.2) is 62.6 Å². The molecule has 1 fully saturated rings. The summed E-state index contributed by atoms with van der Waals surface area (Å²) in [5, 5.41) is 16.0. The average Bonchev–Trinajstić information content (AvgIpc) is 2.83. The van der Waals surface area contributed by atoms with Gasteiger partial charge in [-0.2, -0.15) is 18.4 Å². The molecule has 0 spiro atoms. The fraction of sp³-hybridized carbons (Fsp3) is 0.545. The number of halogens is 2. The maximum absolute atomic E-state index is 12.1. The Hall–Kier alpha value is -0.920. The summed E-state index contributed by atoms with van der Waals surface area (Å²) in [6, 6.07) is 0. The van der Waals surface area contributed by atoms with Crippen molar-refractivity contribution in [3.05, 3.63) is 27.0 Å². The molecule has 1 aromatic rings. The molecule has 22 heteroatoms. The highest BCUT2D eigenvalue weighted by molar-refractivity contribution is 7.66. The Kier molecular flexibility index (Phi) is 8.56. The molecule has 1 aliphatic heterocycles. The van der Waals surface area contributed by atoms with Crippen molar-refractivity contribution >= 4 is 46.7 Å². The average molecular weight is 576 g/mol. The summed E-state index contributed by atoms with van der Waals surface area (Å²) in [4.78, 5) is 58.9. The minimum absolute atomic E-state index is 0.483. The summed E-state index contributed by atoms with van der Waals surface area (Å²) >= 11 is 11.7.